The maximum absolute atomic E-state index is 12.5. The third-order valence-electron chi connectivity index (χ3n) is 4.69. The molecule has 0 radical (unpaired) electrons. The van der Waals surface area contributed by atoms with Crippen LogP contribution in [0.15, 0.2) is 54.6 Å². The van der Waals surface area contributed by atoms with Gasteiger partial charge in [-0.3, -0.25) is 9.69 Å². The summed E-state index contributed by atoms with van der Waals surface area (Å²) in [4.78, 5) is 25.4. The predicted molar refractivity (Wildman–Crippen MR) is 103 cm³/mol. The van der Waals surface area contributed by atoms with E-state index in [0.717, 1.165) is 32.5 Å². The Kier molecular flexibility index (Phi) is 6.44. The summed E-state index contributed by atoms with van der Waals surface area (Å²) in [6.07, 6.45) is 1.69. The van der Waals surface area contributed by atoms with Gasteiger partial charge in [-0.2, -0.15) is 0 Å². The van der Waals surface area contributed by atoms with Gasteiger partial charge in [0.05, 0.1) is 0 Å². The van der Waals surface area contributed by atoms with E-state index in [1.54, 1.807) is 24.3 Å². The first kappa shape index (κ1) is 18.9. The van der Waals surface area contributed by atoms with Crippen LogP contribution in [-0.2, 0) is 16.1 Å². The summed E-state index contributed by atoms with van der Waals surface area (Å²) in [5, 5.41) is 11.5. The number of hydrogen-bond donors (Lipinski definition) is 2. The summed E-state index contributed by atoms with van der Waals surface area (Å²) in [6.45, 7) is 2.37. The standard InChI is InChI=1S/C21H24N2O4/c24-20(25)15-27-19-8-6-18(7-9-19)22-21(26)17-10-12-23(13-11-17)14-16-4-2-1-3-5-16/h1-9,17H,10-15H2,(H,22,26)(H,24,25). The molecule has 1 fully saturated rings. The van der Waals surface area contributed by atoms with Crippen LogP contribution in [0.25, 0.3) is 0 Å². The Morgan fingerprint density at radius 2 is 1.70 bits per heavy atom. The second-order valence-corrected chi connectivity index (χ2v) is 6.73. The molecule has 1 saturated heterocycles. The molecule has 0 aliphatic carbocycles. The van der Waals surface area contributed by atoms with Crippen molar-refractivity contribution in [3.8, 4) is 5.75 Å². The largest absolute Gasteiger partial charge is 0.482 e. The molecule has 27 heavy (non-hydrogen) atoms. The number of carbonyl (C=O) groups excluding carboxylic acids is 1. The Balaban J connectivity index is 1.44. The van der Waals surface area contributed by atoms with Gasteiger partial charge in [0.15, 0.2) is 6.61 Å². The number of aliphatic carboxylic acids is 1. The molecule has 1 aliphatic heterocycles. The third-order valence-corrected chi connectivity index (χ3v) is 4.69. The van der Waals surface area contributed by atoms with Crippen molar-refractivity contribution >= 4 is 17.6 Å². The topological polar surface area (TPSA) is 78.9 Å². The Bertz CT molecular complexity index is 754. The molecule has 0 saturated carbocycles. The molecule has 2 N–H and O–H groups in total. The molecule has 0 spiro atoms. The van der Waals surface area contributed by atoms with Gasteiger partial charge in [0.25, 0.3) is 0 Å². The van der Waals surface area contributed by atoms with Gasteiger partial charge in [-0.05, 0) is 55.8 Å². The number of amides is 1. The number of ether oxygens (including phenoxy) is 1. The van der Waals surface area contributed by atoms with E-state index in [4.69, 9.17) is 9.84 Å². The van der Waals surface area contributed by atoms with Gasteiger partial charge in [0.2, 0.25) is 5.91 Å². The summed E-state index contributed by atoms with van der Waals surface area (Å²) in [5.41, 5.74) is 1.99. The van der Waals surface area contributed by atoms with Crippen LogP contribution in [0.5, 0.6) is 5.75 Å². The molecule has 0 aromatic heterocycles. The molecule has 0 atom stereocenters. The quantitative estimate of drug-likeness (QED) is 0.785. The van der Waals surface area contributed by atoms with E-state index in [1.165, 1.54) is 5.56 Å². The fourth-order valence-electron chi connectivity index (χ4n) is 3.22. The summed E-state index contributed by atoms with van der Waals surface area (Å²) in [6, 6.07) is 17.1. The van der Waals surface area contributed by atoms with Crippen LogP contribution >= 0.6 is 0 Å². The number of carboxylic acids is 1. The van der Waals surface area contributed by atoms with Gasteiger partial charge in [0.1, 0.15) is 5.75 Å². The van der Waals surface area contributed by atoms with Gasteiger partial charge in [0, 0.05) is 18.2 Å². The average Bonchev–Trinajstić information content (AvgIpc) is 2.69. The fourth-order valence-corrected chi connectivity index (χ4v) is 3.22. The number of nitrogens with one attached hydrogen (secondary N) is 1. The summed E-state index contributed by atoms with van der Waals surface area (Å²) in [5.74, 6) is -0.510. The molecule has 3 rings (SSSR count). The first-order valence-corrected chi connectivity index (χ1v) is 9.12. The number of benzene rings is 2. The van der Waals surface area contributed by atoms with Crippen molar-refractivity contribution in [1.82, 2.24) is 4.90 Å². The zero-order chi connectivity index (χ0) is 19.1. The zero-order valence-electron chi connectivity index (χ0n) is 15.1. The summed E-state index contributed by atoms with van der Waals surface area (Å²) in [7, 11) is 0. The Morgan fingerprint density at radius 3 is 2.33 bits per heavy atom. The van der Waals surface area contributed by atoms with E-state index in [9.17, 15) is 9.59 Å². The second kappa shape index (κ2) is 9.19. The number of anilines is 1. The molecule has 0 bridgehead atoms. The number of likely N-dealkylation sites (tertiary alicyclic amines) is 1. The van der Waals surface area contributed by atoms with Gasteiger partial charge in [-0.25, -0.2) is 4.79 Å². The van der Waals surface area contributed by atoms with Crippen LogP contribution in [0.2, 0.25) is 0 Å². The van der Waals surface area contributed by atoms with Crippen LogP contribution in [-0.4, -0.2) is 41.6 Å². The highest BCUT2D eigenvalue weighted by atomic mass is 16.5. The van der Waals surface area contributed by atoms with Crippen LogP contribution in [0.3, 0.4) is 0 Å². The molecular formula is C21H24N2O4. The number of nitrogens with zero attached hydrogens (tertiary/aromatic N) is 1. The lowest BCUT2D eigenvalue weighted by molar-refractivity contribution is -0.139. The number of carbonyl (C=O) groups is 2. The highest BCUT2D eigenvalue weighted by Crippen LogP contribution is 2.22. The molecular weight excluding hydrogens is 344 g/mol. The normalized spacial score (nSPS) is 15.3. The highest BCUT2D eigenvalue weighted by molar-refractivity contribution is 5.92. The first-order valence-electron chi connectivity index (χ1n) is 9.12. The first-order chi connectivity index (χ1) is 13.1. The third kappa shape index (κ3) is 5.82. The maximum atomic E-state index is 12.5. The van der Waals surface area contributed by atoms with E-state index in [0.29, 0.717) is 11.4 Å². The molecule has 6 heteroatoms. The average molecular weight is 368 g/mol. The minimum absolute atomic E-state index is 0.0139. The lowest BCUT2D eigenvalue weighted by atomic mass is 9.95. The van der Waals surface area contributed by atoms with E-state index in [1.807, 2.05) is 18.2 Å². The van der Waals surface area contributed by atoms with Crippen LogP contribution < -0.4 is 10.1 Å². The molecule has 2 aromatic rings. The molecule has 1 aliphatic rings. The van der Waals surface area contributed by atoms with Crippen LogP contribution in [0, 0.1) is 5.92 Å². The van der Waals surface area contributed by atoms with Crippen molar-refractivity contribution in [1.29, 1.82) is 0 Å². The van der Waals surface area contributed by atoms with Crippen molar-refractivity contribution in [3.05, 3.63) is 60.2 Å². The number of carboxylic acid groups (broad SMARTS) is 1. The molecule has 1 amide bonds. The van der Waals surface area contributed by atoms with Gasteiger partial charge in [-0.15, -0.1) is 0 Å². The van der Waals surface area contributed by atoms with Gasteiger partial charge >= 0.3 is 5.97 Å². The highest BCUT2D eigenvalue weighted by Gasteiger charge is 2.25. The van der Waals surface area contributed by atoms with Crippen molar-refractivity contribution in [2.75, 3.05) is 25.0 Å². The lowest BCUT2D eigenvalue weighted by Gasteiger charge is -2.31. The molecule has 142 valence electrons. The van der Waals surface area contributed by atoms with E-state index in [2.05, 4.69) is 22.3 Å². The van der Waals surface area contributed by atoms with E-state index >= 15 is 0 Å². The van der Waals surface area contributed by atoms with Crippen molar-refractivity contribution in [3.63, 3.8) is 0 Å². The summed E-state index contributed by atoms with van der Waals surface area (Å²) < 4.78 is 5.09. The molecule has 6 nitrogen and oxygen atoms in total. The van der Waals surface area contributed by atoms with Gasteiger partial charge < -0.3 is 15.2 Å². The zero-order valence-corrected chi connectivity index (χ0v) is 15.1. The maximum Gasteiger partial charge on any atom is 0.341 e. The molecule has 2 aromatic carbocycles. The minimum atomic E-state index is -1.02. The Hall–Kier alpha value is -2.86. The lowest BCUT2D eigenvalue weighted by Crippen LogP contribution is -2.37. The number of hydrogen-bond acceptors (Lipinski definition) is 4. The fraction of sp³-hybridized carbons (Fsp3) is 0.333. The number of piperidine rings is 1. The van der Waals surface area contributed by atoms with Crippen LogP contribution in [0.1, 0.15) is 18.4 Å². The van der Waals surface area contributed by atoms with Gasteiger partial charge in [-0.1, -0.05) is 30.3 Å². The number of rotatable bonds is 7. The van der Waals surface area contributed by atoms with E-state index in [-0.39, 0.29) is 18.4 Å². The van der Waals surface area contributed by atoms with E-state index < -0.39 is 5.97 Å². The Labute approximate surface area is 158 Å². The molecule has 0 unspecified atom stereocenters. The Morgan fingerprint density at radius 1 is 1.04 bits per heavy atom. The summed E-state index contributed by atoms with van der Waals surface area (Å²) >= 11 is 0. The monoisotopic (exact) mass is 368 g/mol. The second-order valence-electron chi connectivity index (χ2n) is 6.73. The van der Waals surface area contributed by atoms with Crippen molar-refractivity contribution in [2.45, 2.75) is 19.4 Å². The van der Waals surface area contributed by atoms with Crippen molar-refractivity contribution < 1.29 is 19.4 Å². The minimum Gasteiger partial charge on any atom is -0.482 e. The van der Waals surface area contributed by atoms with Crippen LogP contribution in [0.4, 0.5) is 5.69 Å². The van der Waals surface area contributed by atoms with Crippen molar-refractivity contribution in [2.24, 2.45) is 5.92 Å². The SMILES string of the molecule is O=C(O)COc1ccc(NC(=O)C2CCN(Cc3ccccc3)CC2)cc1. The predicted octanol–water partition coefficient (Wildman–Crippen LogP) is 3.00. The molecule has 1 heterocycles. The smallest absolute Gasteiger partial charge is 0.341 e.